The summed E-state index contributed by atoms with van der Waals surface area (Å²) in [4.78, 5) is 32.0. The zero-order valence-electron chi connectivity index (χ0n) is 11.3. The SMILES string of the molecule is CCC(C)C(C=CC(=O)O)(C=CC(=O)O)C=CC(=O)O. The molecule has 0 aromatic carbocycles. The predicted octanol–water partition coefficient (Wildman–Crippen LogP) is 1.94. The average molecular weight is 282 g/mol. The summed E-state index contributed by atoms with van der Waals surface area (Å²) in [7, 11) is 0. The summed E-state index contributed by atoms with van der Waals surface area (Å²) in [6.07, 6.45) is 7.13. The van der Waals surface area contributed by atoms with Gasteiger partial charge in [-0.05, 0) is 5.92 Å². The maximum Gasteiger partial charge on any atom is 0.328 e. The van der Waals surface area contributed by atoms with Gasteiger partial charge in [0.15, 0.2) is 0 Å². The number of carboxylic acid groups (broad SMARTS) is 3. The van der Waals surface area contributed by atoms with Crippen LogP contribution in [0.3, 0.4) is 0 Å². The quantitative estimate of drug-likeness (QED) is 0.586. The van der Waals surface area contributed by atoms with E-state index in [0.717, 1.165) is 18.2 Å². The van der Waals surface area contributed by atoms with Crippen LogP contribution in [0.2, 0.25) is 0 Å². The zero-order chi connectivity index (χ0) is 15.8. The Balaban J connectivity index is 5.80. The molecule has 0 radical (unpaired) electrons. The lowest BCUT2D eigenvalue weighted by atomic mass is 9.74. The third-order valence-electron chi connectivity index (χ3n) is 3.01. The number of carboxylic acids is 3. The van der Waals surface area contributed by atoms with Gasteiger partial charge in [-0.3, -0.25) is 0 Å². The third kappa shape index (κ3) is 5.99. The molecule has 0 rings (SSSR count). The molecule has 0 saturated carbocycles. The Morgan fingerprint density at radius 3 is 1.40 bits per heavy atom. The summed E-state index contributed by atoms with van der Waals surface area (Å²) in [5, 5.41) is 26.2. The lowest BCUT2D eigenvalue weighted by Gasteiger charge is -2.30. The van der Waals surface area contributed by atoms with Crippen LogP contribution < -0.4 is 0 Å². The number of aliphatic carboxylic acids is 3. The minimum absolute atomic E-state index is 0.177. The van der Waals surface area contributed by atoms with E-state index in [4.69, 9.17) is 15.3 Å². The highest BCUT2D eigenvalue weighted by Gasteiger charge is 2.28. The minimum Gasteiger partial charge on any atom is -0.478 e. The van der Waals surface area contributed by atoms with E-state index in [-0.39, 0.29) is 5.92 Å². The second-order valence-corrected chi connectivity index (χ2v) is 4.32. The van der Waals surface area contributed by atoms with Crippen molar-refractivity contribution in [1.29, 1.82) is 0 Å². The van der Waals surface area contributed by atoms with Gasteiger partial charge in [0, 0.05) is 23.6 Å². The van der Waals surface area contributed by atoms with Crippen LogP contribution in [0.15, 0.2) is 36.5 Å². The van der Waals surface area contributed by atoms with E-state index in [9.17, 15) is 14.4 Å². The van der Waals surface area contributed by atoms with Crippen LogP contribution in [0, 0.1) is 11.3 Å². The van der Waals surface area contributed by atoms with Gasteiger partial charge in [0.2, 0.25) is 0 Å². The first-order valence-corrected chi connectivity index (χ1v) is 6.00. The summed E-state index contributed by atoms with van der Waals surface area (Å²) in [6.45, 7) is 3.63. The van der Waals surface area contributed by atoms with Crippen LogP contribution >= 0.6 is 0 Å². The van der Waals surface area contributed by atoms with Crippen LogP contribution in [0.1, 0.15) is 20.3 Å². The molecule has 0 aromatic rings. The van der Waals surface area contributed by atoms with Gasteiger partial charge in [0.05, 0.1) is 0 Å². The third-order valence-corrected chi connectivity index (χ3v) is 3.01. The Bertz CT molecular complexity index is 398. The van der Waals surface area contributed by atoms with Crippen LogP contribution in [0.25, 0.3) is 0 Å². The molecule has 6 nitrogen and oxygen atoms in total. The molecule has 3 N–H and O–H groups in total. The first-order valence-electron chi connectivity index (χ1n) is 6.00. The van der Waals surface area contributed by atoms with Crippen molar-refractivity contribution >= 4 is 17.9 Å². The number of carbonyl (C=O) groups is 3. The Hall–Kier alpha value is -2.37. The molecule has 6 heteroatoms. The minimum atomic E-state index is -1.19. The standard InChI is InChI=1S/C14H18O6/c1-3-10(2)14(7-4-11(15)16,8-5-12(17)18)9-6-13(19)20/h4-10H,3H2,1-2H3,(H,15,16)(H,17,18)(H,19,20). The van der Waals surface area contributed by atoms with Gasteiger partial charge in [-0.25, -0.2) is 14.4 Å². The lowest BCUT2D eigenvalue weighted by Crippen LogP contribution is -2.23. The highest BCUT2D eigenvalue weighted by atomic mass is 16.4. The van der Waals surface area contributed by atoms with Gasteiger partial charge >= 0.3 is 17.9 Å². The normalized spacial score (nSPS) is 16.5. The first kappa shape index (κ1) is 17.6. The molecule has 0 fully saturated rings. The van der Waals surface area contributed by atoms with Gasteiger partial charge in [0.25, 0.3) is 0 Å². The smallest absolute Gasteiger partial charge is 0.328 e. The molecule has 0 aliphatic heterocycles. The van der Waals surface area contributed by atoms with Crippen molar-refractivity contribution in [3.63, 3.8) is 0 Å². The molecule has 20 heavy (non-hydrogen) atoms. The Labute approximate surface area is 116 Å². The van der Waals surface area contributed by atoms with E-state index in [1.54, 1.807) is 6.92 Å². The molecule has 0 aliphatic rings. The number of hydrogen-bond acceptors (Lipinski definition) is 3. The number of hydrogen-bond donors (Lipinski definition) is 3. The summed E-state index contributed by atoms with van der Waals surface area (Å²) in [6, 6.07) is 0. The van der Waals surface area contributed by atoms with E-state index in [1.807, 2.05) is 6.92 Å². The Morgan fingerprint density at radius 2 is 1.20 bits per heavy atom. The molecule has 1 atom stereocenters. The number of rotatable bonds is 8. The van der Waals surface area contributed by atoms with E-state index in [2.05, 4.69) is 0 Å². The highest BCUT2D eigenvalue weighted by molar-refractivity contribution is 5.82. The molecule has 0 saturated heterocycles. The van der Waals surface area contributed by atoms with Crippen molar-refractivity contribution in [2.24, 2.45) is 11.3 Å². The fraction of sp³-hybridized carbons (Fsp3) is 0.357. The van der Waals surface area contributed by atoms with E-state index >= 15 is 0 Å². The zero-order valence-corrected chi connectivity index (χ0v) is 11.3. The summed E-state index contributed by atoms with van der Waals surface area (Å²) in [5.74, 6) is -3.75. The summed E-state index contributed by atoms with van der Waals surface area (Å²) < 4.78 is 0. The van der Waals surface area contributed by atoms with Crippen molar-refractivity contribution in [3.8, 4) is 0 Å². The molecular weight excluding hydrogens is 264 g/mol. The van der Waals surface area contributed by atoms with Crippen LogP contribution in [-0.4, -0.2) is 33.2 Å². The maximum absolute atomic E-state index is 10.7. The van der Waals surface area contributed by atoms with Crippen molar-refractivity contribution in [2.45, 2.75) is 20.3 Å². The average Bonchev–Trinajstić information content (AvgIpc) is 2.36. The number of allylic oxidation sites excluding steroid dienone is 3. The van der Waals surface area contributed by atoms with Gasteiger partial charge in [0.1, 0.15) is 0 Å². The summed E-state index contributed by atoms with van der Waals surface area (Å²) in [5.41, 5.74) is -1.08. The van der Waals surface area contributed by atoms with E-state index in [1.165, 1.54) is 18.2 Å². The van der Waals surface area contributed by atoms with Gasteiger partial charge in [-0.2, -0.15) is 0 Å². The fourth-order valence-electron chi connectivity index (χ4n) is 1.66. The van der Waals surface area contributed by atoms with Crippen molar-refractivity contribution in [2.75, 3.05) is 0 Å². The molecule has 1 unspecified atom stereocenters. The molecule has 0 amide bonds. The molecule has 0 bridgehead atoms. The van der Waals surface area contributed by atoms with Crippen LogP contribution in [0.5, 0.6) is 0 Å². The maximum atomic E-state index is 10.7. The van der Waals surface area contributed by atoms with Crippen molar-refractivity contribution < 1.29 is 29.7 Å². The van der Waals surface area contributed by atoms with Crippen LogP contribution in [0.4, 0.5) is 0 Å². The van der Waals surface area contributed by atoms with Gasteiger partial charge in [-0.1, -0.05) is 38.5 Å². The molecular formula is C14H18O6. The molecule has 0 aromatic heterocycles. The highest BCUT2D eigenvalue weighted by Crippen LogP contribution is 2.35. The van der Waals surface area contributed by atoms with E-state index in [0.29, 0.717) is 6.42 Å². The first-order chi connectivity index (χ1) is 9.23. The monoisotopic (exact) mass is 282 g/mol. The fourth-order valence-corrected chi connectivity index (χ4v) is 1.66. The molecule has 0 aliphatic carbocycles. The van der Waals surface area contributed by atoms with Gasteiger partial charge < -0.3 is 15.3 Å². The Morgan fingerprint density at radius 1 is 0.900 bits per heavy atom. The topological polar surface area (TPSA) is 112 Å². The van der Waals surface area contributed by atoms with Crippen molar-refractivity contribution in [3.05, 3.63) is 36.5 Å². The molecule has 0 spiro atoms. The largest absolute Gasteiger partial charge is 0.478 e. The van der Waals surface area contributed by atoms with E-state index < -0.39 is 23.3 Å². The predicted molar refractivity (Wildman–Crippen MR) is 72.2 cm³/mol. The molecule has 0 heterocycles. The Kier molecular flexibility index (Phi) is 6.99. The lowest BCUT2D eigenvalue weighted by molar-refractivity contribution is -0.132. The molecule has 110 valence electrons. The second-order valence-electron chi connectivity index (χ2n) is 4.32. The second kappa shape index (κ2) is 7.93. The van der Waals surface area contributed by atoms with Crippen LogP contribution in [-0.2, 0) is 14.4 Å². The summed E-state index contributed by atoms with van der Waals surface area (Å²) >= 11 is 0. The van der Waals surface area contributed by atoms with Gasteiger partial charge in [-0.15, -0.1) is 0 Å². The van der Waals surface area contributed by atoms with Crippen molar-refractivity contribution in [1.82, 2.24) is 0 Å².